The average Bonchev–Trinajstić information content (AvgIpc) is 2.96. The molecule has 0 aliphatic carbocycles. The molecule has 0 saturated carbocycles. The van der Waals surface area contributed by atoms with Crippen LogP contribution in [-0.2, 0) is 6.42 Å². The van der Waals surface area contributed by atoms with E-state index >= 15 is 0 Å². The molecule has 1 heterocycles. The summed E-state index contributed by atoms with van der Waals surface area (Å²) in [5, 5.41) is 7.67. The first kappa shape index (κ1) is 15.9. The van der Waals surface area contributed by atoms with E-state index in [1.807, 2.05) is 25.2 Å². The van der Waals surface area contributed by atoms with Crippen LogP contribution in [0.1, 0.15) is 48.9 Å². The summed E-state index contributed by atoms with van der Waals surface area (Å²) in [6.07, 6.45) is 3.03. The third-order valence-electron chi connectivity index (χ3n) is 3.31. The highest BCUT2D eigenvalue weighted by molar-refractivity contribution is 7.05. The summed E-state index contributed by atoms with van der Waals surface area (Å²) in [6, 6.07) is 8.29. The number of ether oxygens (including phenoxy) is 1. The molecule has 0 bridgehead atoms. The first-order chi connectivity index (χ1) is 10.3. The molecule has 1 aromatic heterocycles. The zero-order valence-corrected chi connectivity index (χ0v) is 13.7. The van der Waals surface area contributed by atoms with Crippen molar-refractivity contribution in [3.63, 3.8) is 0 Å². The van der Waals surface area contributed by atoms with Gasteiger partial charge in [-0.05, 0) is 37.5 Å². The monoisotopic (exact) mass is 305 g/mol. The lowest BCUT2D eigenvalue weighted by molar-refractivity contribution is 0.312. The third kappa shape index (κ3) is 3.80. The average molecular weight is 305 g/mol. The minimum absolute atomic E-state index is 0.0830. The van der Waals surface area contributed by atoms with Crippen molar-refractivity contribution in [3.05, 3.63) is 40.4 Å². The van der Waals surface area contributed by atoms with Crippen molar-refractivity contribution in [1.82, 2.24) is 14.9 Å². The van der Waals surface area contributed by atoms with E-state index in [0.717, 1.165) is 42.9 Å². The molecule has 0 spiro atoms. The van der Waals surface area contributed by atoms with Crippen LogP contribution >= 0.6 is 11.5 Å². The molecule has 2 aromatic rings. The molecule has 0 saturated heterocycles. The Hall–Kier alpha value is -1.46. The molecule has 0 radical (unpaired) electrons. The zero-order chi connectivity index (χ0) is 15.1. The standard InChI is InChI=1S/C16H23N3OS/c1-4-8-13-16(21-19-18-13)15(17-3)12-9-6-7-10-14(12)20-11-5-2/h6-7,9-10,15,17H,4-5,8,11H2,1-3H3. The predicted molar refractivity (Wildman–Crippen MR) is 87.0 cm³/mol. The van der Waals surface area contributed by atoms with Gasteiger partial charge in [0.2, 0.25) is 0 Å². The Morgan fingerprint density at radius 1 is 1.24 bits per heavy atom. The van der Waals surface area contributed by atoms with Gasteiger partial charge in [-0.25, -0.2) is 0 Å². The van der Waals surface area contributed by atoms with Crippen LogP contribution in [0.5, 0.6) is 5.75 Å². The molecule has 0 amide bonds. The Morgan fingerprint density at radius 2 is 2.05 bits per heavy atom. The smallest absolute Gasteiger partial charge is 0.124 e. The lowest BCUT2D eigenvalue weighted by Crippen LogP contribution is -2.19. The first-order valence-electron chi connectivity index (χ1n) is 7.51. The fraction of sp³-hybridized carbons (Fsp3) is 0.500. The van der Waals surface area contributed by atoms with Gasteiger partial charge < -0.3 is 10.1 Å². The second-order valence-corrected chi connectivity index (χ2v) is 5.73. The molecule has 5 heteroatoms. The van der Waals surface area contributed by atoms with Crippen LogP contribution in [0.4, 0.5) is 0 Å². The maximum atomic E-state index is 5.89. The molecule has 0 fully saturated rings. The van der Waals surface area contributed by atoms with Crippen molar-refractivity contribution < 1.29 is 4.74 Å². The fourth-order valence-corrected chi connectivity index (χ4v) is 3.16. The first-order valence-corrected chi connectivity index (χ1v) is 8.29. The van der Waals surface area contributed by atoms with Crippen molar-refractivity contribution in [3.8, 4) is 5.75 Å². The van der Waals surface area contributed by atoms with Gasteiger partial charge in [0.25, 0.3) is 0 Å². The SMILES string of the molecule is CCCOc1ccccc1C(NC)c1snnc1CCC. The van der Waals surface area contributed by atoms with E-state index in [1.165, 1.54) is 16.4 Å². The Kier molecular flexibility index (Phi) is 6.14. The summed E-state index contributed by atoms with van der Waals surface area (Å²) < 4.78 is 10.0. The third-order valence-corrected chi connectivity index (χ3v) is 4.15. The van der Waals surface area contributed by atoms with Crippen LogP contribution in [0.25, 0.3) is 0 Å². The molecular weight excluding hydrogens is 282 g/mol. The van der Waals surface area contributed by atoms with Gasteiger partial charge in [0.15, 0.2) is 0 Å². The lowest BCUT2D eigenvalue weighted by Gasteiger charge is -2.19. The highest BCUT2D eigenvalue weighted by Crippen LogP contribution is 2.33. The summed E-state index contributed by atoms with van der Waals surface area (Å²) in [5.74, 6) is 0.939. The quantitative estimate of drug-likeness (QED) is 0.809. The summed E-state index contributed by atoms with van der Waals surface area (Å²) in [4.78, 5) is 1.19. The van der Waals surface area contributed by atoms with Crippen molar-refractivity contribution in [1.29, 1.82) is 0 Å². The lowest BCUT2D eigenvalue weighted by atomic mass is 10.0. The van der Waals surface area contributed by atoms with Gasteiger partial charge in [0.05, 0.1) is 23.2 Å². The minimum atomic E-state index is 0.0830. The molecule has 1 N–H and O–H groups in total. The molecule has 114 valence electrons. The molecular formula is C16H23N3OS. The molecule has 1 unspecified atom stereocenters. The van der Waals surface area contributed by atoms with Crippen molar-refractivity contribution in [2.45, 2.75) is 39.2 Å². The highest BCUT2D eigenvalue weighted by atomic mass is 32.1. The molecule has 4 nitrogen and oxygen atoms in total. The van der Waals surface area contributed by atoms with E-state index in [-0.39, 0.29) is 6.04 Å². The summed E-state index contributed by atoms with van der Waals surface area (Å²) in [5.41, 5.74) is 2.24. The van der Waals surface area contributed by atoms with Gasteiger partial charge in [-0.2, -0.15) is 0 Å². The molecule has 1 atom stereocenters. The predicted octanol–water partition coefficient (Wildman–Crippen LogP) is 3.59. The normalized spacial score (nSPS) is 12.3. The topological polar surface area (TPSA) is 47.0 Å². The number of aromatic nitrogens is 2. The van der Waals surface area contributed by atoms with Crippen molar-refractivity contribution in [2.24, 2.45) is 0 Å². The number of para-hydroxylation sites is 1. The van der Waals surface area contributed by atoms with Crippen molar-refractivity contribution in [2.75, 3.05) is 13.7 Å². The fourth-order valence-electron chi connectivity index (χ4n) is 2.34. The Morgan fingerprint density at radius 3 is 2.76 bits per heavy atom. The number of rotatable bonds is 8. The van der Waals surface area contributed by atoms with E-state index in [4.69, 9.17) is 4.74 Å². The Balaban J connectivity index is 2.34. The van der Waals surface area contributed by atoms with E-state index in [0.29, 0.717) is 0 Å². The Labute approximate surface area is 130 Å². The number of hydrogen-bond acceptors (Lipinski definition) is 5. The Bertz CT molecular complexity index is 556. The number of benzene rings is 1. The number of aryl methyl sites for hydroxylation is 1. The number of hydrogen-bond donors (Lipinski definition) is 1. The molecule has 1 aromatic carbocycles. The molecule has 0 aliphatic heterocycles. The maximum absolute atomic E-state index is 5.89. The van der Waals surface area contributed by atoms with Gasteiger partial charge in [-0.1, -0.05) is 43.0 Å². The van der Waals surface area contributed by atoms with E-state index in [1.54, 1.807) is 0 Å². The van der Waals surface area contributed by atoms with Gasteiger partial charge in [-0.3, -0.25) is 0 Å². The van der Waals surface area contributed by atoms with E-state index in [2.05, 4.69) is 34.8 Å². The van der Waals surface area contributed by atoms with Crippen LogP contribution in [0, 0.1) is 0 Å². The van der Waals surface area contributed by atoms with Crippen LogP contribution in [-0.4, -0.2) is 23.2 Å². The number of nitrogens with one attached hydrogen (secondary N) is 1. The van der Waals surface area contributed by atoms with Crippen molar-refractivity contribution >= 4 is 11.5 Å². The maximum Gasteiger partial charge on any atom is 0.124 e. The van der Waals surface area contributed by atoms with Gasteiger partial charge >= 0.3 is 0 Å². The minimum Gasteiger partial charge on any atom is -0.493 e. The van der Waals surface area contributed by atoms with Crippen LogP contribution < -0.4 is 10.1 Å². The zero-order valence-electron chi connectivity index (χ0n) is 12.9. The second kappa shape index (κ2) is 8.10. The highest BCUT2D eigenvalue weighted by Gasteiger charge is 2.22. The van der Waals surface area contributed by atoms with Gasteiger partial charge in [-0.15, -0.1) is 5.10 Å². The van der Waals surface area contributed by atoms with Crippen LogP contribution in [0.15, 0.2) is 24.3 Å². The van der Waals surface area contributed by atoms with Crippen LogP contribution in [0.3, 0.4) is 0 Å². The summed E-state index contributed by atoms with van der Waals surface area (Å²) >= 11 is 1.47. The summed E-state index contributed by atoms with van der Waals surface area (Å²) in [6.45, 7) is 5.01. The molecule has 2 rings (SSSR count). The summed E-state index contributed by atoms with van der Waals surface area (Å²) in [7, 11) is 1.97. The largest absolute Gasteiger partial charge is 0.493 e. The van der Waals surface area contributed by atoms with Gasteiger partial charge in [0, 0.05) is 5.56 Å². The van der Waals surface area contributed by atoms with E-state index < -0.39 is 0 Å². The molecule has 21 heavy (non-hydrogen) atoms. The molecule has 0 aliphatic rings. The van der Waals surface area contributed by atoms with Crippen LogP contribution in [0.2, 0.25) is 0 Å². The van der Waals surface area contributed by atoms with E-state index in [9.17, 15) is 0 Å². The second-order valence-electron chi connectivity index (χ2n) is 4.94. The number of nitrogens with zero attached hydrogens (tertiary/aromatic N) is 2. The van der Waals surface area contributed by atoms with Gasteiger partial charge in [0.1, 0.15) is 5.75 Å².